The van der Waals surface area contributed by atoms with E-state index in [0.717, 1.165) is 30.9 Å². The molecule has 0 spiro atoms. The highest BCUT2D eigenvalue weighted by molar-refractivity contribution is 5.77. The van der Waals surface area contributed by atoms with Crippen molar-refractivity contribution in [1.82, 2.24) is 5.32 Å². The molecule has 0 aliphatic carbocycles. The Bertz CT molecular complexity index is 451. The Morgan fingerprint density at radius 3 is 2.71 bits per heavy atom. The zero-order chi connectivity index (χ0) is 12.3. The lowest BCUT2D eigenvalue weighted by atomic mass is 9.86. The average Bonchev–Trinajstić information content (AvgIpc) is 2.73. The van der Waals surface area contributed by atoms with Crippen LogP contribution >= 0.6 is 0 Å². The first-order chi connectivity index (χ1) is 8.13. The van der Waals surface area contributed by atoms with Crippen molar-refractivity contribution < 1.29 is 4.42 Å². The number of para-hydroxylation sites is 1. The van der Waals surface area contributed by atoms with Crippen molar-refractivity contribution in [2.24, 2.45) is 0 Å². The molecule has 0 bridgehead atoms. The second kappa shape index (κ2) is 4.92. The highest BCUT2D eigenvalue weighted by atomic mass is 16.3. The largest absolute Gasteiger partial charge is 0.461 e. The summed E-state index contributed by atoms with van der Waals surface area (Å²) in [6.45, 7) is 8.66. The molecule has 0 saturated heterocycles. The molecule has 0 fully saturated rings. The number of nitrogens with one attached hydrogen (secondary N) is 1. The van der Waals surface area contributed by atoms with Crippen molar-refractivity contribution in [3.63, 3.8) is 0 Å². The van der Waals surface area contributed by atoms with Crippen LogP contribution in [0.15, 0.2) is 34.7 Å². The van der Waals surface area contributed by atoms with Gasteiger partial charge in [-0.05, 0) is 31.6 Å². The molecule has 0 aliphatic rings. The Morgan fingerprint density at radius 2 is 2.00 bits per heavy atom. The molecule has 1 aromatic heterocycles. The summed E-state index contributed by atoms with van der Waals surface area (Å²) in [6.07, 6.45) is 1.08. The van der Waals surface area contributed by atoms with Crippen molar-refractivity contribution in [3.8, 4) is 0 Å². The van der Waals surface area contributed by atoms with Gasteiger partial charge < -0.3 is 9.73 Å². The molecule has 0 amide bonds. The maximum atomic E-state index is 5.94. The Labute approximate surface area is 103 Å². The molecule has 92 valence electrons. The summed E-state index contributed by atoms with van der Waals surface area (Å²) < 4.78 is 5.94. The van der Waals surface area contributed by atoms with Crippen molar-refractivity contribution in [3.05, 3.63) is 36.1 Å². The second-order valence-corrected chi connectivity index (χ2v) is 5.14. The van der Waals surface area contributed by atoms with Gasteiger partial charge in [0.25, 0.3) is 0 Å². The van der Waals surface area contributed by atoms with E-state index in [9.17, 15) is 0 Å². The van der Waals surface area contributed by atoms with Gasteiger partial charge in [-0.2, -0.15) is 0 Å². The van der Waals surface area contributed by atoms with Crippen LogP contribution in [0.5, 0.6) is 0 Å². The van der Waals surface area contributed by atoms with E-state index in [4.69, 9.17) is 4.42 Å². The molecule has 17 heavy (non-hydrogen) atoms. The summed E-state index contributed by atoms with van der Waals surface area (Å²) in [5, 5.41) is 4.56. The molecule has 0 unspecified atom stereocenters. The van der Waals surface area contributed by atoms with Gasteiger partial charge in [0.05, 0.1) is 0 Å². The fraction of sp³-hybridized carbons (Fsp3) is 0.467. The fourth-order valence-electron chi connectivity index (χ4n) is 2.02. The van der Waals surface area contributed by atoms with Crippen LogP contribution in [0, 0.1) is 0 Å². The molecule has 0 saturated carbocycles. The smallest absolute Gasteiger partial charge is 0.134 e. The van der Waals surface area contributed by atoms with E-state index < -0.39 is 0 Å². The lowest BCUT2D eigenvalue weighted by molar-refractivity contribution is 0.372. The molecule has 1 heterocycles. The van der Waals surface area contributed by atoms with Crippen LogP contribution in [0.3, 0.4) is 0 Å². The number of furan rings is 1. The predicted octanol–water partition coefficient (Wildman–Crippen LogP) is 3.71. The van der Waals surface area contributed by atoms with Crippen LogP contribution < -0.4 is 5.32 Å². The summed E-state index contributed by atoms with van der Waals surface area (Å²) >= 11 is 0. The quantitative estimate of drug-likeness (QED) is 0.793. The van der Waals surface area contributed by atoms with Gasteiger partial charge in [-0.25, -0.2) is 0 Å². The van der Waals surface area contributed by atoms with Crippen LogP contribution in [-0.4, -0.2) is 13.1 Å². The third kappa shape index (κ3) is 2.70. The molecular weight excluding hydrogens is 210 g/mol. The van der Waals surface area contributed by atoms with Gasteiger partial charge in [-0.15, -0.1) is 0 Å². The van der Waals surface area contributed by atoms with Crippen LogP contribution in [0.2, 0.25) is 0 Å². The van der Waals surface area contributed by atoms with E-state index in [1.807, 2.05) is 18.2 Å². The molecule has 2 heteroatoms. The molecule has 0 aliphatic heterocycles. The monoisotopic (exact) mass is 231 g/mol. The highest BCUT2D eigenvalue weighted by Crippen LogP contribution is 2.31. The van der Waals surface area contributed by atoms with Gasteiger partial charge in [0.1, 0.15) is 11.3 Å². The molecule has 2 nitrogen and oxygen atoms in total. The summed E-state index contributed by atoms with van der Waals surface area (Å²) in [7, 11) is 0. The van der Waals surface area contributed by atoms with Gasteiger partial charge in [0.2, 0.25) is 0 Å². The molecule has 1 N–H and O–H groups in total. The second-order valence-electron chi connectivity index (χ2n) is 5.14. The van der Waals surface area contributed by atoms with Crippen molar-refractivity contribution in [2.75, 3.05) is 13.1 Å². The summed E-state index contributed by atoms with van der Waals surface area (Å²) in [6, 6.07) is 10.4. The standard InChI is InChI=1S/C15H21NO/c1-4-16-10-9-15(2,3)14-11-12-7-5-6-8-13(12)17-14/h5-8,11,16H,4,9-10H2,1-3H3. The first-order valence-corrected chi connectivity index (χ1v) is 6.33. The third-order valence-electron chi connectivity index (χ3n) is 3.27. The van der Waals surface area contributed by atoms with E-state index in [0.29, 0.717) is 0 Å². The normalized spacial score (nSPS) is 12.2. The molecule has 2 rings (SSSR count). The summed E-state index contributed by atoms with van der Waals surface area (Å²) in [4.78, 5) is 0. The topological polar surface area (TPSA) is 25.2 Å². The van der Waals surface area contributed by atoms with Gasteiger partial charge in [-0.1, -0.05) is 39.0 Å². The molecule has 1 aromatic carbocycles. The minimum atomic E-state index is 0.0845. The maximum absolute atomic E-state index is 5.94. The van der Waals surface area contributed by atoms with E-state index in [1.54, 1.807) is 0 Å². The lowest BCUT2D eigenvalue weighted by Crippen LogP contribution is -2.24. The molecule has 0 radical (unpaired) electrons. The van der Waals surface area contributed by atoms with Crippen LogP contribution in [0.4, 0.5) is 0 Å². The molecular formula is C15H21NO. The van der Waals surface area contributed by atoms with Crippen LogP contribution in [0.25, 0.3) is 11.0 Å². The third-order valence-corrected chi connectivity index (χ3v) is 3.27. The summed E-state index contributed by atoms with van der Waals surface area (Å²) in [5.41, 5.74) is 1.07. The molecule has 2 aromatic rings. The highest BCUT2D eigenvalue weighted by Gasteiger charge is 2.24. The van der Waals surface area contributed by atoms with Crippen LogP contribution in [-0.2, 0) is 5.41 Å². The average molecular weight is 231 g/mol. The fourth-order valence-corrected chi connectivity index (χ4v) is 2.02. The summed E-state index contributed by atoms with van der Waals surface area (Å²) in [5.74, 6) is 1.08. The minimum absolute atomic E-state index is 0.0845. The lowest BCUT2D eigenvalue weighted by Gasteiger charge is -2.21. The Hall–Kier alpha value is -1.28. The Morgan fingerprint density at radius 1 is 1.24 bits per heavy atom. The van der Waals surface area contributed by atoms with E-state index in [1.165, 1.54) is 5.39 Å². The first kappa shape index (κ1) is 12.2. The van der Waals surface area contributed by atoms with E-state index in [-0.39, 0.29) is 5.41 Å². The van der Waals surface area contributed by atoms with E-state index >= 15 is 0 Å². The minimum Gasteiger partial charge on any atom is -0.461 e. The van der Waals surface area contributed by atoms with Crippen molar-refractivity contribution in [2.45, 2.75) is 32.6 Å². The maximum Gasteiger partial charge on any atom is 0.134 e. The van der Waals surface area contributed by atoms with Gasteiger partial charge in [0.15, 0.2) is 0 Å². The zero-order valence-corrected chi connectivity index (χ0v) is 10.9. The van der Waals surface area contributed by atoms with Gasteiger partial charge >= 0.3 is 0 Å². The number of rotatable bonds is 5. The SMILES string of the molecule is CCNCCC(C)(C)c1cc2ccccc2o1. The van der Waals surface area contributed by atoms with Gasteiger partial charge in [-0.3, -0.25) is 0 Å². The van der Waals surface area contributed by atoms with Gasteiger partial charge in [0, 0.05) is 10.8 Å². The van der Waals surface area contributed by atoms with E-state index in [2.05, 4.69) is 38.2 Å². The Kier molecular flexibility index (Phi) is 3.53. The first-order valence-electron chi connectivity index (χ1n) is 6.33. The predicted molar refractivity (Wildman–Crippen MR) is 72.4 cm³/mol. The molecule has 0 atom stereocenters. The number of fused-ring (bicyclic) bond motifs is 1. The number of hydrogen-bond donors (Lipinski definition) is 1. The number of benzene rings is 1. The van der Waals surface area contributed by atoms with Crippen molar-refractivity contribution >= 4 is 11.0 Å². The van der Waals surface area contributed by atoms with Crippen molar-refractivity contribution in [1.29, 1.82) is 0 Å². The Balaban J connectivity index is 2.19. The number of hydrogen-bond acceptors (Lipinski definition) is 2. The zero-order valence-electron chi connectivity index (χ0n) is 10.9. The van der Waals surface area contributed by atoms with Crippen LogP contribution in [0.1, 0.15) is 33.0 Å².